The number of amides is 1. The molecule has 0 radical (unpaired) electrons. The molecule has 6 heteroatoms. The second-order valence-corrected chi connectivity index (χ2v) is 4.82. The number of ether oxygens (including phenoxy) is 2. The lowest BCUT2D eigenvalue weighted by molar-refractivity contribution is -0.119. The molecule has 0 saturated heterocycles. The second-order valence-electron chi connectivity index (χ2n) is 4.82. The Morgan fingerprint density at radius 1 is 1.12 bits per heavy atom. The maximum atomic E-state index is 11.9. The number of anilines is 1. The Kier molecular flexibility index (Phi) is 6.64. The summed E-state index contributed by atoms with van der Waals surface area (Å²) in [6, 6.07) is 14.9. The van der Waals surface area contributed by atoms with Gasteiger partial charge in [-0.15, -0.1) is 0 Å². The summed E-state index contributed by atoms with van der Waals surface area (Å²) in [5.74, 6) is 1.15. The fourth-order valence-corrected chi connectivity index (χ4v) is 2.05. The molecule has 0 aliphatic heterocycles. The lowest BCUT2D eigenvalue weighted by atomic mass is 10.2. The van der Waals surface area contributed by atoms with Gasteiger partial charge >= 0.3 is 0 Å². The van der Waals surface area contributed by atoms with Crippen LogP contribution in [-0.4, -0.2) is 32.4 Å². The molecule has 2 N–H and O–H groups in total. The standard InChI is InChI=1S/C18H21N3O3/c1-3-24-16-10-6-4-8-14(16)12-20-21-18(22)13-19-15-9-5-7-11-17(15)23-2/h4-12,19H,3,13H2,1-2H3,(H,21,22)/b20-12+. The molecule has 1 amide bonds. The summed E-state index contributed by atoms with van der Waals surface area (Å²) in [5, 5.41) is 6.97. The van der Waals surface area contributed by atoms with E-state index in [0.717, 1.165) is 17.0 Å². The van der Waals surface area contributed by atoms with Gasteiger partial charge in [-0.1, -0.05) is 24.3 Å². The van der Waals surface area contributed by atoms with Gasteiger partial charge < -0.3 is 14.8 Å². The molecule has 2 aromatic rings. The highest BCUT2D eigenvalue weighted by atomic mass is 16.5. The zero-order valence-electron chi connectivity index (χ0n) is 13.8. The number of nitrogens with zero attached hydrogens (tertiary/aromatic N) is 1. The van der Waals surface area contributed by atoms with E-state index < -0.39 is 0 Å². The summed E-state index contributed by atoms with van der Waals surface area (Å²) in [4.78, 5) is 11.9. The molecule has 0 unspecified atom stereocenters. The van der Waals surface area contributed by atoms with Crippen LogP contribution in [0.3, 0.4) is 0 Å². The Hall–Kier alpha value is -3.02. The highest BCUT2D eigenvalue weighted by Gasteiger charge is 2.04. The molecule has 0 aliphatic carbocycles. The number of para-hydroxylation sites is 3. The van der Waals surface area contributed by atoms with E-state index in [4.69, 9.17) is 9.47 Å². The number of hydrazone groups is 1. The van der Waals surface area contributed by atoms with Gasteiger partial charge in [0, 0.05) is 5.56 Å². The van der Waals surface area contributed by atoms with E-state index in [1.807, 2.05) is 55.5 Å². The Bertz CT molecular complexity index is 701. The maximum Gasteiger partial charge on any atom is 0.259 e. The molecule has 0 atom stereocenters. The first kappa shape index (κ1) is 17.3. The topological polar surface area (TPSA) is 72.0 Å². The number of carbonyl (C=O) groups is 1. The van der Waals surface area contributed by atoms with Crippen LogP contribution in [0, 0.1) is 0 Å². The third-order valence-corrected chi connectivity index (χ3v) is 3.16. The van der Waals surface area contributed by atoms with Gasteiger partial charge in [0.15, 0.2) is 0 Å². The number of nitrogens with one attached hydrogen (secondary N) is 2. The molecule has 24 heavy (non-hydrogen) atoms. The molecule has 0 aromatic heterocycles. The quantitative estimate of drug-likeness (QED) is 0.577. The van der Waals surface area contributed by atoms with Gasteiger partial charge in [0.1, 0.15) is 11.5 Å². The van der Waals surface area contributed by atoms with Gasteiger partial charge in [0.25, 0.3) is 5.91 Å². The summed E-state index contributed by atoms with van der Waals surface area (Å²) in [6.07, 6.45) is 1.56. The maximum absolute atomic E-state index is 11.9. The Morgan fingerprint density at radius 2 is 1.83 bits per heavy atom. The fourth-order valence-electron chi connectivity index (χ4n) is 2.05. The monoisotopic (exact) mass is 327 g/mol. The van der Waals surface area contributed by atoms with Gasteiger partial charge in [0.05, 0.1) is 32.2 Å². The molecule has 0 saturated carbocycles. The van der Waals surface area contributed by atoms with Gasteiger partial charge in [-0.25, -0.2) is 5.43 Å². The summed E-state index contributed by atoms with van der Waals surface area (Å²) < 4.78 is 10.7. The molecular formula is C18H21N3O3. The van der Waals surface area contributed by atoms with Crippen LogP contribution < -0.4 is 20.2 Å². The first-order chi connectivity index (χ1) is 11.7. The highest BCUT2D eigenvalue weighted by Crippen LogP contribution is 2.22. The van der Waals surface area contributed by atoms with Gasteiger partial charge in [0.2, 0.25) is 0 Å². The third kappa shape index (κ3) is 5.01. The van der Waals surface area contributed by atoms with Crippen molar-refractivity contribution < 1.29 is 14.3 Å². The SMILES string of the molecule is CCOc1ccccc1/C=N/NC(=O)CNc1ccccc1OC. The van der Waals surface area contributed by atoms with Crippen molar-refractivity contribution in [2.45, 2.75) is 6.92 Å². The molecule has 0 fully saturated rings. The van der Waals surface area contributed by atoms with Crippen LogP contribution in [0.2, 0.25) is 0 Å². The van der Waals surface area contributed by atoms with E-state index in [0.29, 0.717) is 12.4 Å². The molecule has 2 rings (SSSR count). The van der Waals surface area contributed by atoms with Crippen molar-refractivity contribution in [2.75, 3.05) is 25.6 Å². The summed E-state index contributed by atoms with van der Waals surface area (Å²) in [6.45, 7) is 2.57. The Labute approximate surface area is 141 Å². The van der Waals surface area contributed by atoms with Gasteiger partial charge in [-0.2, -0.15) is 5.10 Å². The first-order valence-corrected chi connectivity index (χ1v) is 7.65. The Morgan fingerprint density at radius 3 is 2.58 bits per heavy atom. The molecule has 0 bridgehead atoms. The largest absolute Gasteiger partial charge is 0.495 e. The van der Waals surface area contributed by atoms with Crippen molar-refractivity contribution in [3.05, 3.63) is 54.1 Å². The molecule has 126 valence electrons. The van der Waals surface area contributed by atoms with E-state index in [1.165, 1.54) is 0 Å². The predicted octanol–water partition coefficient (Wildman–Crippen LogP) is 2.66. The number of rotatable bonds is 8. The van der Waals surface area contributed by atoms with Crippen molar-refractivity contribution in [1.82, 2.24) is 5.43 Å². The van der Waals surface area contributed by atoms with E-state index in [9.17, 15) is 4.79 Å². The number of carbonyl (C=O) groups excluding carboxylic acids is 1. The summed E-state index contributed by atoms with van der Waals surface area (Å²) in [7, 11) is 1.58. The number of hydrogen-bond acceptors (Lipinski definition) is 5. The molecular weight excluding hydrogens is 306 g/mol. The normalized spacial score (nSPS) is 10.4. The molecule has 0 spiro atoms. The van der Waals surface area contributed by atoms with Crippen LogP contribution in [0.25, 0.3) is 0 Å². The van der Waals surface area contributed by atoms with Crippen molar-refractivity contribution in [3.63, 3.8) is 0 Å². The highest BCUT2D eigenvalue weighted by molar-refractivity contribution is 5.86. The van der Waals surface area contributed by atoms with Crippen LogP contribution in [-0.2, 0) is 4.79 Å². The van der Waals surface area contributed by atoms with Gasteiger partial charge in [-0.05, 0) is 31.2 Å². The average molecular weight is 327 g/mol. The van der Waals surface area contributed by atoms with E-state index in [1.54, 1.807) is 13.3 Å². The van der Waals surface area contributed by atoms with Gasteiger partial charge in [-0.3, -0.25) is 4.79 Å². The summed E-state index contributed by atoms with van der Waals surface area (Å²) in [5.41, 5.74) is 4.03. The minimum absolute atomic E-state index is 0.0881. The minimum Gasteiger partial charge on any atom is -0.495 e. The molecule has 0 aliphatic rings. The molecule has 6 nitrogen and oxygen atoms in total. The zero-order valence-corrected chi connectivity index (χ0v) is 13.8. The number of hydrogen-bond donors (Lipinski definition) is 2. The van der Waals surface area contributed by atoms with E-state index in [-0.39, 0.29) is 12.5 Å². The summed E-state index contributed by atoms with van der Waals surface area (Å²) >= 11 is 0. The average Bonchev–Trinajstić information content (AvgIpc) is 2.62. The van der Waals surface area contributed by atoms with Crippen molar-refractivity contribution in [1.29, 1.82) is 0 Å². The van der Waals surface area contributed by atoms with Crippen molar-refractivity contribution >= 4 is 17.8 Å². The number of methoxy groups -OCH3 is 1. The smallest absolute Gasteiger partial charge is 0.259 e. The second kappa shape index (κ2) is 9.19. The zero-order chi connectivity index (χ0) is 17.2. The lowest BCUT2D eigenvalue weighted by Crippen LogP contribution is -2.26. The third-order valence-electron chi connectivity index (χ3n) is 3.16. The van der Waals surface area contributed by atoms with Crippen LogP contribution in [0.1, 0.15) is 12.5 Å². The van der Waals surface area contributed by atoms with Crippen LogP contribution in [0.15, 0.2) is 53.6 Å². The van der Waals surface area contributed by atoms with Crippen LogP contribution >= 0.6 is 0 Å². The predicted molar refractivity (Wildman–Crippen MR) is 94.8 cm³/mol. The van der Waals surface area contributed by atoms with Crippen molar-refractivity contribution in [2.24, 2.45) is 5.10 Å². The van der Waals surface area contributed by atoms with E-state index >= 15 is 0 Å². The molecule has 0 heterocycles. The van der Waals surface area contributed by atoms with Crippen molar-refractivity contribution in [3.8, 4) is 11.5 Å². The first-order valence-electron chi connectivity index (χ1n) is 7.65. The molecule has 2 aromatic carbocycles. The Balaban J connectivity index is 1.87. The minimum atomic E-state index is -0.258. The van der Waals surface area contributed by atoms with E-state index in [2.05, 4.69) is 15.8 Å². The van der Waals surface area contributed by atoms with Crippen LogP contribution in [0.4, 0.5) is 5.69 Å². The fraction of sp³-hybridized carbons (Fsp3) is 0.222. The van der Waals surface area contributed by atoms with Crippen LogP contribution in [0.5, 0.6) is 11.5 Å². The number of benzene rings is 2. The lowest BCUT2D eigenvalue weighted by Gasteiger charge is -2.09.